The maximum Gasteiger partial charge on any atom is 0.336 e. The van der Waals surface area contributed by atoms with E-state index < -0.39 is 11.9 Å². The molecule has 0 aliphatic rings. The van der Waals surface area contributed by atoms with Gasteiger partial charge in [0.1, 0.15) is 11.5 Å². The van der Waals surface area contributed by atoms with Crippen LogP contribution in [0.4, 0.5) is 0 Å². The number of carbonyl (C=O) groups is 2. The average Bonchev–Trinajstić information content (AvgIpc) is 2.82. The SMILES string of the molecule is CCCCCCCCCCCCCCCc1cccc(Oc2ccc(C(=O)O)c(C(=O)O)c2)c1. The lowest BCUT2D eigenvalue weighted by molar-refractivity contribution is 0.0651. The highest BCUT2D eigenvalue weighted by atomic mass is 16.5. The Kier molecular flexibility index (Phi) is 12.8. The van der Waals surface area contributed by atoms with Crippen molar-refractivity contribution >= 4 is 11.9 Å². The molecule has 0 spiro atoms. The summed E-state index contributed by atoms with van der Waals surface area (Å²) in [7, 11) is 0. The Hall–Kier alpha value is -2.82. The predicted octanol–water partition coefficient (Wildman–Crippen LogP) is 8.51. The zero-order valence-corrected chi connectivity index (χ0v) is 20.6. The number of hydrogen-bond acceptors (Lipinski definition) is 3. The maximum atomic E-state index is 11.4. The summed E-state index contributed by atoms with van der Waals surface area (Å²) in [5, 5.41) is 18.4. The van der Waals surface area contributed by atoms with Crippen molar-refractivity contribution in [2.75, 3.05) is 0 Å². The van der Waals surface area contributed by atoms with Gasteiger partial charge in [0.05, 0.1) is 11.1 Å². The van der Waals surface area contributed by atoms with Crippen LogP contribution in [0, 0.1) is 0 Å². The van der Waals surface area contributed by atoms with E-state index in [4.69, 9.17) is 9.84 Å². The summed E-state index contributed by atoms with van der Waals surface area (Å²) in [6.45, 7) is 2.26. The van der Waals surface area contributed by atoms with E-state index in [0.717, 1.165) is 12.8 Å². The normalized spacial score (nSPS) is 10.9. The Morgan fingerprint density at radius 2 is 1.18 bits per heavy atom. The first-order chi connectivity index (χ1) is 16.5. The quantitative estimate of drug-likeness (QED) is 0.214. The van der Waals surface area contributed by atoms with Gasteiger partial charge in [0.25, 0.3) is 0 Å². The van der Waals surface area contributed by atoms with Crippen molar-refractivity contribution in [2.24, 2.45) is 0 Å². The molecule has 34 heavy (non-hydrogen) atoms. The summed E-state index contributed by atoms with van der Waals surface area (Å²) in [4.78, 5) is 22.6. The summed E-state index contributed by atoms with van der Waals surface area (Å²) < 4.78 is 5.81. The fourth-order valence-electron chi connectivity index (χ4n) is 4.20. The number of aromatic carboxylic acids is 2. The molecule has 0 fully saturated rings. The van der Waals surface area contributed by atoms with Crippen LogP contribution in [0.2, 0.25) is 0 Å². The van der Waals surface area contributed by atoms with Crippen LogP contribution in [0.25, 0.3) is 0 Å². The molecular weight excluding hydrogens is 428 g/mol. The third-order valence-electron chi connectivity index (χ3n) is 6.16. The number of carboxylic acid groups (broad SMARTS) is 2. The minimum absolute atomic E-state index is 0.254. The van der Waals surface area contributed by atoms with Crippen molar-refractivity contribution in [1.29, 1.82) is 0 Å². The Morgan fingerprint density at radius 1 is 0.647 bits per heavy atom. The second-order valence-electron chi connectivity index (χ2n) is 9.06. The highest BCUT2D eigenvalue weighted by Gasteiger charge is 2.17. The molecule has 0 heterocycles. The number of carboxylic acids is 2. The molecule has 0 bridgehead atoms. The molecule has 5 nitrogen and oxygen atoms in total. The first-order valence-electron chi connectivity index (χ1n) is 12.9. The zero-order chi connectivity index (χ0) is 24.6. The van der Waals surface area contributed by atoms with Crippen molar-refractivity contribution < 1.29 is 24.5 Å². The largest absolute Gasteiger partial charge is 0.478 e. The molecule has 2 aromatic rings. The molecule has 0 aliphatic heterocycles. The molecule has 186 valence electrons. The first kappa shape index (κ1) is 27.4. The van der Waals surface area contributed by atoms with Gasteiger partial charge in [-0.3, -0.25) is 0 Å². The number of ether oxygens (including phenoxy) is 1. The van der Waals surface area contributed by atoms with Gasteiger partial charge < -0.3 is 14.9 Å². The van der Waals surface area contributed by atoms with Crippen molar-refractivity contribution in [3.63, 3.8) is 0 Å². The second-order valence-corrected chi connectivity index (χ2v) is 9.06. The lowest BCUT2D eigenvalue weighted by atomic mass is 10.0. The summed E-state index contributed by atoms with van der Waals surface area (Å²) in [5.74, 6) is -1.64. The molecule has 0 aliphatic carbocycles. The molecule has 0 aromatic heterocycles. The summed E-state index contributed by atoms with van der Waals surface area (Å²) >= 11 is 0. The van der Waals surface area contributed by atoms with E-state index in [-0.39, 0.29) is 11.1 Å². The molecular formula is C29H40O5. The minimum Gasteiger partial charge on any atom is -0.478 e. The molecule has 0 amide bonds. The number of hydrogen-bond donors (Lipinski definition) is 2. The highest BCUT2D eigenvalue weighted by Crippen LogP contribution is 2.26. The van der Waals surface area contributed by atoms with Crippen LogP contribution in [0.5, 0.6) is 11.5 Å². The summed E-state index contributed by atoms with van der Waals surface area (Å²) in [6.07, 6.45) is 18.3. The lowest BCUT2D eigenvalue weighted by Crippen LogP contribution is -2.07. The van der Waals surface area contributed by atoms with E-state index in [2.05, 4.69) is 13.0 Å². The third-order valence-corrected chi connectivity index (χ3v) is 6.16. The van der Waals surface area contributed by atoms with Gasteiger partial charge in [-0.2, -0.15) is 0 Å². The molecule has 0 radical (unpaired) electrons. The van der Waals surface area contributed by atoms with Crippen molar-refractivity contribution in [3.05, 3.63) is 59.2 Å². The van der Waals surface area contributed by atoms with Crippen LogP contribution in [-0.2, 0) is 6.42 Å². The van der Waals surface area contributed by atoms with E-state index in [1.165, 1.54) is 101 Å². The highest BCUT2D eigenvalue weighted by molar-refractivity contribution is 6.02. The van der Waals surface area contributed by atoms with Crippen LogP contribution < -0.4 is 4.74 Å². The summed E-state index contributed by atoms with van der Waals surface area (Å²) in [5.41, 5.74) is 0.644. The summed E-state index contributed by atoms with van der Waals surface area (Å²) in [6, 6.07) is 11.8. The van der Waals surface area contributed by atoms with Gasteiger partial charge in [0.2, 0.25) is 0 Å². The van der Waals surface area contributed by atoms with Gasteiger partial charge in [-0.05, 0) is 48.7 Å². The van der Waals surface area contributed by atoms with Gasteiger partial charge in [-0.15, -0.1) is 0 Å². The van der Waals surface area contributed by atoms with Gasteiger partial charge in [0, 0.05) is 0 Å². The number of aryl methyl sites for hydroxylation is 1. The maximum absolute atomic E-state index is 11.4. The average molecular weight is 469 g/mol. The van der Waals surface area contributed by atoms with Crippen LogP contribution in [0.15, 0.2) is 42.5 Å². The second kappa shape index (κ2) is 15.9. The van der Waals surface area contributed by atoms with Crippen LogP contribution in [0.1, 0.15) is 117 Å². The van der Waals surface area contributed by atoms with E-state index >= 15 is 0 Å². The van der Waals surface area contributed by atoms with Crippen molar-refractivity contribution in [2.45, 2.75) is 96.8 Å². The zero-order valence-electron chi connectivity index (χ0n) is 20.6. The molecule has 5 heteroatoms. The minimum atomic E-state index is -1.29. The van der Waals surface area contributed by atoms with Crippen molar-refractivity contribution in [3.8, 4) is 11.5 Å². The van der Waals surface area contributed by atoms with Gasteiger partial charge in [0.15, 0.2) is 0 Å². The molecule has 0 saturated carbocycles. The Labute approximate surface area is 204 Å². The molecule has 2 N–H and O–H groups in total. The number of benzene rings is 2. The topological polar surface area (TPSA) is 83.8 Å². The fourth-order valence-corrected chi connectivity index (χ4v) is 4.20. The van der Waals surface area contributed by atoms with Crippen molar-refractivity contribution in [1.82, 2.24) is 0 Å². The number of unbranched alkanes of at least 4 members (excludes halogenated alkanes) is 12. The fraction of sp³-hybridized carbons (Fsp3) is 0.517. The van der Waals surface area contributed by atoms with Gasteiger partial charge >= 0.3 is 11.9 Å². The van der Waals surface area contributed by atoms with E-state index in [1.54, 1.807) is 0 Å². The Bertz CT molecular complexity index is 890. The van der Waals surface area contributed by atoms with Crippen LogP contribution in [-0.4, -0.2) is 22.2 Å². The van der Waals surface area contributed by atoms with Gasteiger partial charge in [-0.25, -0.2) is 9.59 Å². The Morgan fingerprint density at radius 3 is 1.74 bits per heavy atom. The van der Waals surface area contributed by atoms with E-state index in [9.17, 15) is 14.7 Å². The van der Waals surface area contributed by atoms with E-state index in [1.807, 2.05) is 18.2 Å². The molecule has 0 unspecified atom stereocenters. The third kappa shape index (κ3) is 10.4. The van der Waals surface area contributed by atoms with E-state index in [0.29, 0.717) is 11.5 Å². The monoisotopic (exact) mass is 468 g/mol. The Balaban J connectivity index is 1.66. The molecule has 0 atom stereocenters. The first-order valence-corrected chi connectivity index (χ1v) is 12.9. The van der Waals surface area contributed by atoms with Crippen LogP contribution >= 0.6 is 0 Å². The molecule has 2 aromatic carbocycles. The number of rotatable bonds is 18. The standard InChI is InChI=1S/C29H40O5/c1-2-3-4-5-6-7-8-9-10-11-12-13-14-16-23-17-15-18-24(21-23)34-25-19-20-26(28(30)31)27(22-25)29(32)33/h15,17-22H,2-14,16H2,1H3,(H,30,31)(H,32,33). The molecule has 2 rings (SSSR count). The molecule has 0 saturated heterocycles. The van der Waals surface area contributed by atoms with Crippen LogP contribution in [0.3, 0.4) is 0 Å². The lowest BCUT2D eigenvalue weighted by Gasteiger charge is -2.10. The van der Waals surface area contributed by atoms with Gasteiger partial charge in [-0.1, -0.05) is 96.1 Å². The predicted molar refractivity (Wildman–Crippen MR) is 136 cm³/mol. The smallest absolute Gasteiger partial charge is 0.336 e.